The molecule has 1 heterocycles. The normalized spacial score (nSPS) is 10.4. The van der Waals surface area contributed by atoms with E-state index in [9.17, 15) is 9.90 Å². The fourth-order valence-corrected chi connectivity index (χ4v) is 2.95. The molecule has 0 aliphatic heterocycles. The van der Waals surface area contributed by atoms with Crippen LogP contribution in [0.25, 0.3) is 0 Å². The molecule has 0 amide bonds. The molecule has 2 N–H and O–H groups in total. The van der Waals surface area contributed by atoms with Crippen LogP contribution >= 0.6 is 36.2 Å². The van der Waals surface area contributed by atoms with Gasteiger partial charge in [0, 0.05) is 15.9 Å². The van der Waals surface area contributed by atoms with Crippen molar-refractivity contribution in [1.29, 1.82) is 0 Å². The summed E-state index contributed by atoms with van der Waals surface area (Å²) in [5, 5.41) is 11.0. The molecule has 78 valence electrons. The van der Waals surface area contributed by atoms with Gasteiger partial charge in [0.05, 0.1) is 12.0 Å². The number of aromatic amines is 1. The number of H-pyrrole nitrogens is 1. The molecule has 0 fully saturated rings. The molecule has 0 bridgehead atoms. The lowest BCUT2D eigenvalue weighted by Crippen LogP contribution is -2.08. The highest BCUT2D eigenvalue weighted by molar-refractivity contribution is 8.19. The van der Waals surface area contributed by atoms with Crippen molar-refractivity contribution in [3.63, 3.8) is 0 Å². The number of aromatic hydroxyl groups is 1. The largest absolute Gasteiger partial charge is 0.502 e. The molecule has 0 aliphatic rings. The van der Waals surface area contributed by atoms with Gasteiger partial charge in [0.15, 0.2) is 0 Å². The highest BCUT2D eigenvalue weighted by atomic mass is 32.2. The molecule has 0 aromatic carbocycles. The second kappa shape index (κ2) is 6.26. The van der Waals surface area contributed by atoms with E-state index in [0.29, 0.717) is 11.4 Å². The Morgan fingerprint density at radius 1 is 1.57 bits per heavy atom. The first-order valence-corrected chi connectivity index (χ1v) is 6.71. The lowest BCUT2D eigenvalue weighted by atomic mass is 10.4. The van der Waals surface area contributed by atoms with E-state index in [4.69, 9.17) is 0 Å². The average Bonchev–Trinajstić information content (AvgIpc) is 2.19. The van der Waals surface area contributed by atoms with Crippen LogP contribution in [0.5, 0.6) is 5.75 Å². The second-order valence-electron chi connectivity index (χ2n) is 2.33. The van der Waals surface area contributed by atoms with Gasteiger partial charge in [-0.15, -0.1) is 23.5 Å². The van der Waals surface area contributed by atoms with Gasteiger partial charge in [0.2, 0.25) is 5.75 Å². The lowest BCUT2D eigenvalue weighted by molar-refractivity contribution is 0.457. The van der Waals surface area contributed by atoms with Crippen LogP contribution in [0.3, 0.4) is 0 Å². The average molecular weight is 250 g/mol. The lowest BCUT2D eigenvalue weighted by Gasteiger charge is -2.01. The van der Waals surface area contributed by atoms with Crippen molar-refractivity contribution in [3.05, 3.63) is 22.4 Å². The van der Waals surface area contributed by atoms with E-state index in [2.05, 4.69) is 22.6 Å². The molecular weight excluding hydrogens is 240 g/mol. The maximum Gasteiger partial charge on any atom is 0.293 e. The van der Waals surface area contributed by atoms with Crippen molar-refractivity contribution in [3.8, 4) is 5.75 Å². The summed E-state index contributed by atoms with van der Waals surface area (Å²) in [6.45, 7) is 0. The number of aromatic nitrogens is 2. The zero-order chi connectivity index (χ0) is 10.4. The summed E-state index contributed by atoms with van der Waals surface area (Å²) in [4.78, 5) is 17.1. The minimum atomic E-state index is -0.488. The summed E-state index contributed by atoms with van der Waals surface area (Å²) in [6.07, 6.45) is 1.30. The first kappa shape index (κ1) is 11.8. The van der Waals surface area contributed by atoms with Crippen molar-refractivity contribution in [2.75, 3.05) is 10.2 Å². The van der Waals surface area contributed by atoms with Crippen molar-refractivity contribution in [2.24, 2.45) is 0 Å². The SMILES string of the molecule is O=c1[nH]cnc(CSCSCS)c1O. The summed E-state index contributed by atoms with van der Waals surface area (Å²) in [7, 11) is 0. The number of thioether (sulfide) groups is 2. The Labute approximate surface area is 95.3 Å². The number of hydrogen-bond acceptors (Lipinski definition) is 6. The smallest absolute Gasteiger partial charge is 0.293 e. The van der Waals surface area contributed by atoms with E-state index in [-0.39, 0.29) is 5.75 Å². The molecule has 0 spiro atoms. The highest BCUT2D eigenvalue weighted by Gasteiger charge is 2.05. The molecule has 0 aliphatic carbocycles. The second-order valence-corrected chi connectivity index (χ2v) is 5.41. The van der Waals surface area contributed by atoms with Crippen LogP contribution in [0.2, 0.25) is 0 Å². The van der Waals surface area contributed by atoms with Crippen molar-refractivity contribution >= 4 is 36.2 Å². The standard InChI is InChI=1S/C7H10N2O2S3/c10-6-5(1-13-4-14-3-12)8-2-9-7(6)11/h2,10,12H,1,3-4H2,(H,8,9,11). The van der Waals surface area contributed by atoms with Crippen molar-refractivity contribution in [1.82, 2.24) is 9.97 Å². The number of nitrogens with zero attached hydrogens (tertiary/aromatic N) is 1. The predicted molar refractivity (Wildman–Crippen MR) is 64.1 cm³/mol. The number of rotatable bonds is 5. The minimum absolute atomic E-state index is 0.282. The van der Waals surface area contributed by atoms with E-state index >= 15 is 0 Å². The molecule has 7 heteroatoms. The number of hydrogen-bond donors (Lipinski definition) is 3. The molecular formula is C7H10N2O2S3. The summed E-state index contributed by atoms with van der Waals surface area (Å²) in [5.74, 6) is 0.257. The van der Waals surface area contributed by atoms with E-state index in [0.717, 1.165) is 10.2 Å². The summed E-state index contributed by atoms with van der Waals surface area (Å²) >= 11 is 7.31. The van der Waals surface area contributed by atoms with Gasteiger partial charge in [-0.2, -0.15) is 12.6 Å². The van der Waals surface area contributed by atoms with Gasteiger partial charge in [-0.25, -0.2) is 4.98 Å². The van der Waals surface area contributed by atoms with Crippen LogP contribution < -0.4 is 5.56 Å². The van der Waals surface area contributed by atoms with Crippen LogP contribution in [0.1, 0.15) is 5.69 Å². The zero-order valence-corrected chi connectivity index (χ0v) is 9.79. The Bertz CT molecular complexity index is 342. The van der Waals surface area contributed by atoms with E-state index in [1.54, 1.807) is 23.5 Å². The quantitative estimate of drug-likeness (QED) is 0.417. The first-order valence-electron chi connectivity index (χ1n) is 3.77. The Balaban J connectivity index is 2.51. The van der Waals surface area contributed by atoms with E-state index in [1.165, 1.54) is 6.33 Å². The van der Waals surface area contributed by atoms with E-state index in [1.807, 2.05) is 0 Å². The molecule has 4 nitrogen and oxygen atoms in total. The maximum absolute atomic E-state index is 11.0. The molecule has 0 saturated heterocycles. The minimum Gasteiger partial charge on any atom is -0.502 e. The summed E-state index contributed by atoms with van der Waals surface area (Å²) < 4.78 is 0. The van der Waals surface area contributed by atoms with Gasteiger partial charge < -0.3 is 10.1 Å². The molecule has 14 heavy (non-hydrogen) atoms. The summed E-state index contributed by atoms with van der Waals surface area (Å²) in [6, 6.07) is 0. The fraction of sp³-hybridized carbons (Fsp3) is 0.429. The van der Waals surface area contributed by atoms with Crippen LogP contribution in [0, 0.1) is 0 Å². The Hall–Kier alpha value is -0.270. The van der Waals surface area contributed by atoms with E-state index < -0.39 is 5.56 Å². The van der Waals surface area contributed by atoms with Gasteiger partial charge in [-0.05, 0) is 0 Å². The molecule has 0 unspecified atom stereocenters. The molecule has 1 aromatic rings. The van der Waals surface area contributed by atoms with Gasteiger partial charge in [-0.1, -0.05) is 0 Å². The molecule has 1 aromatic heterocycles. The number of nitrogens with one attached hydrogen (secondary N) is 1. The van der Waals surface area contributed by atoms with Crippen LogP contribution in [-0.2, 0) is 5.75 Å². The van der Waals surface area contributed by atoms with Crippen molar-refractivity contribution in [2.45, 2.75) is 5.75 Å². The molecule has 0 radical (unpaired) electrons. The van der Waals surface area contributed by atoms with Gasteiger partial charge in [0.25, 0.3) is 5.56 Å². The van der Waals surface area contributed by atoms with Crippen LogP contribution in [-0.4, -0.2) is 25.2 Å². The Morgan fingerprint density at radius 3 is 3.07 bits per heavy atom. The van der Waals surface area contributed by atoms with Crippen LogP contribution in [0.4, 0.5) is 0 Å². The zero-order valence-electron chi connectivity index (χ0n) is 7.27. The fourth-order valence-electron chi connectivity index (χ4n) is 0.770. The number of thiol groups is 1. The van der Waals surface area contributed by atoms with Crippen molar-refractivity contribution < 1.29 is 5.11 Å². The van der Waals surface area contributed by atoms with Gasteiger partial charge in [-0.3, -0.25) is 4.79 Å². The molecule has 1 rings (SSSR count). The maximum atomic E-state index is 11.0. The molecule has 0 atom stereocenters. The highest BCUT2D eigenvalue weighted by Crippen LogP contribution is 2.19. The van der Waals surface area contributed by atoms with Crippen LogP contribution in [0.15, 0.2) is 11.1 Å². The van der Waals surface area contributed by atoms with Gasteiger partial charge >= 0.3 is 0 Å². The Kier molecular flexibility index (Phi) is 5.28. The van der Waals surface area contributed by atoms with Gasteiger partial charge in [0.1, 0.15) is 0 Å². The monoisotopic (exact) mass is 250 g/mol. The first-order chi connectivity index (χ1) is 6.75. The summed E-state index contributed by atoms with van der Waals surface area (Å²) in [5.41, 5.74) is -0.0593. The third-order valence-electron chi connectivity index (χ3n) is 1.40. The third-order valence-corrected chi connectivity index (χ3v) is 3.94. The predicted octanol–water partition coefficient (Wildman–Crippen LogP) is 1.29. The third kappa shape index (κ3) is 3.47. The topological polar surface area (TPSA) is 66.0 Å². The molecule has 0 saturated carbocycles. The Morgan fingerprint density at radius 2 is 2.36 bits per heavy atom.